The molecule has 98 valence electrons. The standard InChI is InChI=1S/C13H19N3O2/c1-8-2-4-10(5-3-8)16-12-11(14)6-9(7-15-12)13(17)18/h6-8,10H,2-5,14H2,1H3,(H,15,16)(H,17,18). The first-order valence-electron chi connectivity index (χ1n) is 6.31. The molecule has 5 nitrogen and oxygen atoms in total. The van der Waals surface area contributed by atoms with Crippen LogP contribution in [-0.4, -0.2) is 22.1 Å². The predicted octanol–water partition coefficient (Wildman–Crippen LogP) is 2.35. The molecular weight excluding hydrogens is 230 g/mol. The predicted molar refractivity (Wildman–Crippen MR) is 70.7 cm³/mol. The van der Waals surface area contributed by atoms with Crippen LogP contribution in [0.15, 0.2) is 12.3 Å². The van der Waals surface area contributed by atoms with Gasteiger partial charge in [-0.1, -0.05) is 6.92 Å². The number of hydrogen-bond donors (Lipinski definition) is 3. The Morgan fingerprint density at radius 2 is 2.11 bits per heavy atom. The lowest BCUT2D eigenvalue weighted by Gasteiger charge is -2.27. The summed E-state index contributed by atoms with van der Waals surface area (Å²) >= 11 is 0. The van der Waals surface area contributed by atoms with Crippen LogP contribution in [0.3, 0.4) is 0 Å². The number of aromatic carboxylic acids is 1. The average molecular weight is 249 g/mol. The molecule has 0 unspecified atom stereocenters. The molecule has 2 rings (SSSR count). The van der Waals surface area contributed by atoms with Crippen LogP contribution < -0.4 is 11.1 Å². The van der Waals surface area contributed by atoms with Crippen molar-refractivity contribution in [2.45, 2.75) is 38.6 Å². The van der Waals surface area contributed by atoms with Gasteiger partial charge in [-0.05, 0) is 37.7 Å². The van der Waals surface area contributed by atoms with Crippen molar-refractivity contribution in [1.29, 1.82) is 0 Å². The van der Waals surface area contributed by atoms with Gasteiger partial charge in [0.15, 0.2) is 0 Å². The summed E-state index contributed by atoms with van der Waals surface area (Å²) in [7, 11) is 0. The maximum Gasteiger partial charge on any atom is 0.337 e. The number of nitrogens with one attached hydrogen (secondary N) is 1. The van der Waals surface area contributed by atoms with Crippen molar-refractivity contribution in [2.75, 3.05) is 11.1 Å². The van der Waals surface area contributed by atoms with Crippen LogP contribution in [0.4, 0.5) is 11.5 Å². The quantitative estimate of drug-likeness (QED) is 0.765. The number of carboxylic acid groups (broad SMARTS) is 1. The molecule has 0 amide bonds. The number of hydrogen-bond acceptors (Lipinski definition) is 4. The van der Waals surface area contributed by atoms with Crippen molar-refractivity contribution in [1.82, 2.24) is 4.98 Å². The largest absolute Gasteiger partial charge is 0.478 e. The number of anilines is 2. The summed E-state index contributed by atoms with van der Waals surface area (Å²) in [6, 6.07) is 1.84. The van der Waals surface area contributed by atoms with Crippen LogP contribution in [0.2, 0.25) is 0 Å². The maximum absolute atomic E-state index is 10.8. The smallest absolute Gasteiger partial charge is 0.337 e. The highest BCUT2D eigenvalue weighted by Crippen LogP contribution is 2.27. The summed E-state index contributed by atoms with van der Waals surface area (Å²) < 4.78 is 0. The Bertz CT molecular complexity index is 440. The molecule has 0 atom stereocenters. The van der Waals surface area contributed by atoms with E-state index in [4.69, 9.17) is 10.8 Å². The number of nitrogens with two attached hydrogens (primary N) is 1. The molecular formula is C13H19N3O2. The van der Waals surface area contributed by atoms with E-state index in [2.05, 4.69) is 17.2 Å². The van der Waals surface area contributed by atoms with E-state index in [1.165, 1.54) is 25.1 Å². The zero-order valence-corrected chi connectivity index (χ0v) is 10.5. The molecule has 0 aliphatic heterocycles. The first kappa shape index (κ1) is 12.7. The van der Waals surface area contributed by atoms with E-state index in [1.807, 2.05) is 0 Å². The van der Waals surface area contributed by atoms with Gasteiger partial charge in [0, 0.05) is 12.2 Å². The van der Waals surface area contributed by atoms with E-state index in [0.29, 0.717) is 17.5 Å². The fourth-order valence-electron chi connectivity index (χ4n) is 2.32. The minimum atomic E-state index is -1.01. The highest BCUT2D eigenvalue weighted by molar-refractivity contribution is 5.89. The zero-order chi connectivity index (χ0) is 13.1. The zero-order valence-electron chi connectivity index (χ0n) is 10.5. The Morgan fingerprint density at radius 1 is 1.44 bits per heavy atom. The van der Waals surface area contributed by atoms with Gasteiger partial charge >= 0.3 is 5.97 Å². The topological polar surface area (TPSA) is 88.2 Å². The number of aromatic nitrogens is 1. The second-order valence-electron chi connectivity index (χ2n) is 5.07. The van der Waals surface area contributed by atoms with Gasteiger partial charge in [0.1, 0.15) is 5.82 Å². The van der Waals surface area contributed by atoms with Gasteiger partial charge in [0.25, 0.3) is 0 Å². The lowest BCUT2D eigenvalue weighted by atomic mass is 9.87. The van der Waals surface area contributed by atoms with Crippen LogP contribution >= 0.6 is 0 Å². The normalized spacial score (nSPS) is 23.6. The summed E-state index contributed by atoms with van der Waals surface area (Å²) in [4.78, 5) is 14.9. The lowest BCUT2D eigenvalue weighted by molar-refractivity contribution is 0.0696. The Labute approximate surface area is 106 Å². The third-order valence-corrected chi connectivity index (χ3v) is 3.52. The number of carboxylic acids is 1. The Kier molecular flexibility index (Phi) is 3.69. The molecule has 1 heterocycles. The maximum atomic E-state index is 10.8. The fraction of sp³-hybridized carbons (Fsp3) is 0.538. The molecule has 4 N–H and O–H groups in total. The van der Waals surface area contributed by atoms with Gasteiger partial charge < -0.3 is 16.2 Å². The third-order valence-electron chi connectivity index (χ3n) is 3.52. The number of carbonyl (C=O) groups is 1. The number of pyridine rings is 1. The second-order valence-corrected chi connectivity index (χ2v) is 5.07. The van der Waals surface area contributed by atoms with E-state index in [1.54, 1.807) is 0 Å². The minimum absolute atomic E-state index is 0.121. The molecule has 0 saturated heterocycles. The van der Waals surface area contributed by atoms with Gasteiger partial charge in [-0.3, -0.25) is 0 Å². The molecule has 18 heavy (non-hydrogen) atoms. The first-order valence-corrected chi connectivity index (χ1v) is 6.31. The Morgan fingerprint density at radius 3 is 2.67 bits per heavy atom. The highest BCUT2D eigenvalue weighted by atomic mass is 16.4. The van der Waals surface area contributed by atoms with E-state index in [0.717, 1.165) is 18.8 Å². The first-order chi connectivity index (χ1) is 8.56. The highest BCUT2D eigenvalue weighted by Gasteiger charge is 2.19. The van der Waals surface area contributed by atoms with Crippen LogP contribution in [-0.2, 0) is 0 Å². The number of nitrogens with zero attached hydrogens (tertiary/aromatic N) is 1. The molecule has 1 aromatic heterocycles. The molecule has 1 aromatic rings. The monoisotopic (exact) mass is 249 g/mol. The molecule has 0 aromatic carbocycles. The summed E-state index contributed by atoms with van der Waals surface area (Å²) in [6.45, 7) is 2.27. The van der Waals surface area contributed by atoms with E-state index in [9.17, 15) is 4.79 Å². The molecule has 1 aliphatic rings. The minimum Gasteiger partial charge on any atom is -0.478 e. The van der Waals surface area contributed by atoms with Crippen molar-refractivity contribution in [3.05, 3.63) is 17.8 Å². The van der Waals surface area contributed by atoms with Crippen molar-refractivity contribution < 1.29 is 9.90 Å². The molecule has 0 radical (unpaired) electrons. The van der Waals surface area contributed by atoms with E-state index >= 15 is 0 Å². The van der Waals surface area contributed by atoms with Crippen LogP contribution in [0, 0.1) is 5.92 Å². The van der Waals surface area contributed by atoms with Crippen molar-refractivity contribution in [2.24, 2.45) is 5.92 Å². The SMILES string of the molecule is CC1CCC(Nc2ncc(C(=O)O)cc2N)CC1. The molecule has 5 heteroatoms. The summed E-state index contributed by atoms with van der Waals surface area (Å²) in [5.74, 6) is 0.384. The van der Waals surface area contributed by atoms with Gasteiger partial charge in [-0.2, -0.15) is 0 Å². The van der Waals surface area contributed by atoms with E-state index < -0.39 is 5.97 Å². The average Bonchev–Trinajstić information content (AvgIpc) is 2.34. The molecule has 0 spiro atoms. The summed E-state index contributed by atoms with van der Waals surface area (Å²) in [6.07, 6.45) is 5.99. The molecule has 0 bridgehead atoms. The van der Waals surface area contributed by atoms with Gasteiger partial charge in [-0.15, -0.1) is 0 Å². The van der Waals surface area contributed by atoms with Crippen molar-refractivity contribution in [3.8, 4) is 0 Å². The van der Waals surface area contributed by atoms with Gasteiger partial charge in [-0.25, -0.2) is 9.78 Å². The van der Waals surface area contributed by atoms with Crippen LogP contribution in [0.1, 0.15) is 43.0 Å². The lowest BCUT2D eigenvalue weighted by Crippen LogP contribution is -2.26. The third kappa shape index (κ3) is 2.91. The number of nitrogen functional groups attached to an aromatic ring is 1. The fourth-order valence-corrected chi connectivity index (χ4v) is 2.32. The molecule has 1 aliphatic carbocycles. The summed E-state index contributed by atoms with van der Waals surface area (Å²) in [5, 5.41) is 12.1. The van der Waals surface area contributed by atoms with Crippen LogP contribution in [0.5, 0.6) is 0 Å². The Hall–Kier alpha value is -1.78. The van der Waals surface area contributed by atoms with E-state index in [-0.39, 0.29) is 5.56 Å². The van der Waals surface area contributed by atoms with Crippen LogP contribution in [0.25, 0.3) is 0 Å². The summed E-state index contributed by atoms with van der Waals surface area (Å²) in [5.41, 5.74) is 6.33. The molecule has 1 fully saturated rings. The van der Waals surface area contributed by atoms with Gasteiger partial charge in [0.05, 0.1) is 11.3 Å². The molecule has 1 saturated carbocycles. The van der Waals surface area contributed by atoms with Crippen molar-refractivity contribution >= 4 is 17.5 Å². The van der Waals surface area contributed by atoms with Gasteiger partial charge in [0.2, 0.25) is 0 Å². The number of rotatable bonds is 3. The van der Waals surface area contributed by atoms with Crippen molar-refractivity contribution in [3.63, 3.8) is 0 Å². The Balaban J connectivity index is 2.03. The second kappa shape index (κ2) is 5.25.